The average Bonchev–Trinajstić information content (AvgIpc) is 2.17. The zero-order chi connectivity index (χ0) is 10.6. The van der Waals surface area contributed by atoms with Crippen LogP contribution in [0.25, 0.3) is 0 Å². The molecule has 0 saturated carbocycles. The molecule has 1 heterocycles. The van der Waals surface area contributed by atoms with Crippen molar-refractivity contribution in [1.82, 2.24) is 10.3 Å². The standard InChI is InChI=1S/C10H14N2O2/c1-4-14-9-5-7(2)12-6-8(9)10(13)11-3/h5-6H,4H2,1-3H3,(H,11,13). The van der Waals surface area contributed by atoms with Crippen molar-refractivity contribution in [2.24, 2.45) is 0 Å². The quantitative estimate of drug-likeness (QED) is 0.785. The largest absolute Gasteiger partial charge is 0.493 e. The van der Waals surface area contributed by atoms with Crippen molar-refractivity contribution in [1.29, 1.82) is 0 Å². The number of pyridine rings is 1. The van der Waals surface area contributed by atoms with Crippen LogP contribution in [0, 0.1) is 6.92 Å². The van der Waals surface area contributed by atoms with Crippen molar-refractivity contribution >= 4 is 5.91 Å². The lowest BCUT2D eigenvalue weighted by Crippen LogP contribution is -2.19. The molecule has 4 heteroatoms. The van der Waals surface area contributed by atoms with Crippen LogP contribution in [0.4, 0.5) is 0 Å². The fourth-order valence-corrected chi connectivity index (χ4v) is 1.11. The lowest BCUT2D eigenvalue weighted by Gasteiger charge is -2.08. The summed E-state index contributed by atoms with van der Waals surface area (Å²) < 4.78 is 5.34. The summed E-state index contributed by atoms with van der Waals surface area (Å²) in [4.78, 5) is 15.4. The highest BCUT2D eigenvalue weighted by Gasteiger charge is 2.11. The molecule has 1 amide bonds. The topological polar surface area (TPSA) is 51.2 Å². The summed E-state index contributed by atoms with van der Waals surface area (Å²) in [6.45, 7) is 4.27. The number of rotatable bonds is 3. The van der Waals surface area contributed by atoms with Crippen molar-refractivity contribution in [2.75, 3.05) is 13.7 Å². The molecule has 0 saturated heterocycles. The minimum absolute atomic E-state index is 0.180. The van der Waals surface area contributed by atoms with Crippen molar-refractivity contribution in [3.05, 3.63) is 23.5 Å². The Balaban J connectivity index is 3.07. The van der Waals surface area contributed by atoms with Gasteiger partial charge in [0.2, 0.25) is 0 Å². The van der Waals surface area contributed by atoms with E-state index >= 15 is 0 Å². The van der Waals surface area contributed by atoms with E-state index in [1.54, 1.807) is 13.1 Å². The molecule has 1 N–H and O–H groups in total. The van der Waals surface area contributed by atoms with Crippen molar-refractivity contribution in [2.45, 2.75) is 13.8 Å². The van der Waals surface area contributed by atoms with Crippen molar-refractivity contribution in [3.8, 4) is 5.75 Å². The molecule has 0 atom stereocenters. The Bertz CT molecular complexity index is 337. The first-order valence-corrected chi connectivity index (χ1v) is 4.50. The lowest BCUT2D eigenvalue weighted by atomic mass is 10.2. The first kappa shape index (κ1) is 10.5. The number of hydrogen-bond acceptors (Lipinski definition) is 3. The highest BCUT2D eigenvalue weighted by Crippen LogP contribution is 2.18. The number of carbonyl (C=O) groups is 1. The summed E-state index contributed by atoms with van der Waals surface area (Å²) in [5.41, 5.74) is 1.31. The van der Waals surface area contributed by atoms with Crippen LogP contribution < -0.4 is 10.1 Å². The van der Waals surface area contributed by atoms with E-state index < -0.39 is 0 Å². The lowest BCUT2D eigenvalue weighted by molar-refractivity contribution is 0.0959. The maximum absolute atomic E-state index is 11.4. The maximum Gasteiger partial charge on any atom is 0.256 e. The van der Waals surface area contributed by atoms with Gasteiger partial charge in [-0.1, -0.05) is 0 Å². The molecule has 0 spiro atoms. The van der Waals surface area contributed by atoms with Gasteiger partial charge in [0.05, 0.1) is 12.2 Å². The number of aryl methyl sites for hydroxylation is 1. The number of ether oxygens (including phenoxy) is 1. The molecule has 0 aromatic carbocycles. The van der Waals surface area contributed by atoms with E-state index in [2.05, 4.69) is 10.3 Å². The van der Waals surface area contributed by atoms with Crippen LogP contribution in [0.1, 0.15) is 23.0 Å². The predicted molar refractivity (Wildman–Crippen MR) is 53.5 cm³/mol. The van der Waals surface area contributed by atoms with Crippen LogP contribution in [0.3, 0.4) is 0 Å². The number of amides is 1. The molecule has 76 valence electrons. The highest BCUT2D eigenvalue weighted by molar-refractivity contribution is 5.96. The second kappa shape index (κ2) is 4.60. The Hall–Kier alpha value is -1.58. The number of nitrogens with zero attached hydrogens (tertiary/aromatic N) is 1. The van der Waals surface area contributed by atoms with Gasteiger partial charge < -0.3 is 10.1 Å². The molecule has 1 rings (SSSR count). The minimum atomic E-state index is -0.180. The maximum atomic E-state index is 11.4. The molecular formula is C10H14N2O2. The summed E-state index contributed by atoms with van der Waals surface area (Å²) in [6, 6.07) is 1.76. The van der Waals surface area contributed by atoms with Crippen LogP contribution >= 0.6 is 0 Å². The molecule has 0 aliphatic rings. The van der Waals surface area contributed by atoms with Crippen molar-refractivity contribution in [3.63, 3.8) is 0 Å². The van der Waals surface area contributed by atoms with E-state index in [1.807, 2.05) is 13.8 Å². The zero-order valence-corrected chi connectivity index (χ0v) is 8.63. The fraction of sp³-hybridized carbons (Fsp3) is 0.400. The molecule has 0 unspecified atom stereocenters. The molecule has 0 fully saturated rings. The summed E-state index contributed by atoms with van der Waals surface area (Å²) in [5, 5.41) is 2.54. The number of aromatic nitrogens is 1. The zero-order valence-electron chi connectivity index (χ0n) is 8.63. The van der Waals surface area contributed by atoms with Gasteiger partial charge in [0, 0.05) is 25.0 Å². The van der Waals surface area contributed by atoms with E-state index in [0.29, 0.717) is 17.9 Å². The van der Waals surface area contributed by atoms with Gasteiger partial charge >= 0.3 is 0 Å². The second-order valence-electron chi connectivity index (χ2n) is 2.83. The number of nitrogens with one attached hydrogen (secondary N) is 1. The molecule has 4 nitrogen and oxygen atoms in total. The smallest absolute Gasteiger partial charge is 0.256 e. The minimum Gasteiger partial charge on any atom is -0.493 e. The summed E-state index contributed by atoms with van der Waals surface area (Å²) >= 11 is 0. The van der Waals surface area contributed by atoms with Crippen LogP contribution in [-0.2, 0) is 0 Å². The van der Waals surface area contributed by atoms with Gasteiger partial charge in [0.1, 0.15) is 5.75 Å². The van der Waals surface area contributed by atoms with E-state index in [9.17, 15) is 4.79 Å². The van der Waals surface area contributed by atoms with Gasteiger partial charge in [-0.2, -0.15) is 0 Å². The van der Waals surface area contributed by atoms with E-state index in [4.69, 9.17) is 4.74 Å². The Labute approximate surface area is 83.3 Å². The SMILES string of the molecule is CCOc1cc(C)ncc1C(=O)NC. The van der Waals surface area contributed by atoms with E-state index in [-0.39, 0.29) is 5.91 Å². The fourth-order valence-electron chi connectivity index (χ4n) is 1.11. The molecule has 14 heavy (non-hydrogen) atoms. The van der Waals surface area contributed by atoms with Gasteiger partial charge in [-0.15, -0.1) is 0 Å². The Kier molecular flexibility index (Phi) is 3.45. The van der Waals surface area contributed by atoms with Crippen LogP contribution in [0.2, 0.25) is 0 Å². The monoisotopic (exact) mass is 194 g/mol. The molecule has 0 radical (unpaired) electrons. The van der Waals surface area contributed by atoms with Crippen LogP contribution in [-0.4, -0.2) is 24.5 Å². The third-order valence-corrected chi connectivity index (χ3v) is 1.77. The van der Waals surface area contributed by atoms with Gasteiger partial charge in [0.25, 0.3) is 5.91 Å². The number of carbonyl (C=O) groups excluding carboxylic acids is 1. The Morgan fingerprint density at radius 2 is 2.36 bits per heavy atom. The van der Waals surface area contributed by atoms with Crippen LogP contribution in [0.5, 0.6) is 5.75 Å². The first-order chi connectivity index (χ1) is 6.69. The summed E-state index contributed by atoms with van der Waals surface area (Å²) in [5.74, 6) is 0.403. The third-order valence-electron chi connectivity index (χ3n) is 1.77. The van der Waals surface area contributed by atoms with E-state index in [1.165, 1.54) is 6.20 Å². The average molecular weight is 194 g/mol. The molecule has 1 aromatic heterocycles. The second-order valence-corrected chi connectivity index (χ2v) is 2.83. The van der Waals surface area contributed by atoms with Gasteiger partial charge in [-0.25, -0.2) is 0 Å². The molecule has 0 aliphatic carbocycles. The van der Waals surface area contributed by atoms with E-state index in [0.717, 1.165) is 5.69 Å². The predicted octanol–water partition coefficient (Wildman–Crippen LogP) is 1.15. The Morgan fingerprint density at radius 1 is 1.64 bits per heavy atom. The summed E-state index contributed by atoms with van der Waals surface area (Å²) in [7, 11) is 1.58. The van der Waals surface area contributed by atoms with Gasteiger partial charge in [0.15, 0.2) is 0 Å². The first-order valence-electron chi connectivity index (χ1n) is 4.50. The number of hydrogen-bond donors (Lipinski definition) is 1. The summed E-state index contributed by atoms with van der Waals surface area (Å²) in [6.07, 6.45) is 1.53. The molecule has 0 aliphatic heterocycles. The third kappa shape index (κ3) is 2.22. The molecule has 1 aromatic rings. The Morgan fingerprint density at radius 3 is 2.93 bits per heavy atom. The van der Waals surface area contributed by atoms with Crippen molar-refractivity contribution < 1.29 is 9.53 Å². The van der Waals surface area contributed by atoms with Crippen LogP contribution in [0.15, 0.2) is 12.3 Å². The van der Waals surface area contributed by atoms with Gasteiger partial charge in [-0.05, 0) is 13.8 Å². The normalized spacial score (nSPS) is 9.64. The highest BCUT2D eigenvalue weighted by atomic mass is 16.5. The van der Waals surface area contributed by atoms with Gasteiger partial charge in [-0.3, -0.25) is 9.78 Å². The molecular weight excluding hydrogens is 180 g/mol. The molecule has 0 bridgehead atoms.